The third-order valence-corrected chi connectivity index (χ3v) is 6.83. The van der Waals surface area contributed by atoms with Gasteiger partial charge in [0.2, 0.25) is 5.91 Å². The molecule has 0 fully saturated rings. The van der Waals surface area contributed by atoms with Crippen molar-refractivity contribution in [3.63, 3.8) is 0 Å². The molecule has 1 aromatic heterocycles. The summed E-state index contributed by atoms with van der Waals surface area (Å²) in [6.45, 7) is 2.71. The minimum atomic E-state index is -1.00. The lowest BCUT2D eigenvalue weighted by molar-refractivity contribution is -0.120. The lowest BCUT2D eigenvalue weighted by atomic mass is 10.0. The number of aromatic nitrogens is 2. The first kappa shape index (κ1) is 27.6. The van der Waals surface area contributed by atoms with Gasteiger partial charge in [0.05, 0.1) is 36.0 Å². The van der Waals surface area contributed by atoms with E-state index in [1.54, 1.807) is 13.2 Å². The van der Waals surface area contributed by atoms with Crippen molar-refractivity contribution >= 4 is 28.7 Å². The number of thioether (sulfide) groups is 1. The predicted octanol–water partition coefficient (Wildman–Crippen LogP) is 4.13. The van der Waals surface area contributed by atoms with Crippen LogP contribution in [0.15, 0.2) is 65.8 Å². The molecule has 4 aromatic rings. The van der Waals surface area contributed by atoms with E-state index in [0.717, 1.165) is 28.2 Å². The second kappa shape index (κ2) is 12.9. The lowest BCUT2D eigenvalue weighted by Crippen LogP contribution is -2.49. The highest BCUT2D eigenvalue weighted by molar-refractivity contribution is 7.99. The molecule has 0 aliphatic carbocycles. The number of hydrogen-bond acceptors (Lipinski definition) is 6. The van der Waals surface area contributed by atoms with Gasteiger partial charge in [-0.25, -0.2) is 13.8 Å². The second-order valence-electron chi connectivity index (χ2n) is 9.06. The minimum absolute atomic E-state index is 0.0361. The fourth-order valence-corrected chi connectivity index (χ4v) is 4.83. The molecule has 1 heterocycles. The molecule has 3 aromatic carbocycles. The smallest absolute Gasteiger partial charge is 0.230 e. The summed E-state index contributed by atoms with van der Waals surface area (Å²) in [6.07, 6.45) is -0.943. The molecule has 10 heteroatoms. The number of H-pyrrole nitrogens is 1. The van der Waals surface area contributed by atoms with Crippen LogP contribution in [0, 0.1) is 18.6 Å². The number of hydrogen-bond donors (Lipinski definition) is 4. The zero-order chi connectivity index (χ0) is 27.1. The number of amides is 1. The number of benzene rings is 3. The molecule has 38 heavy (non-hydrogen) atoms. The van der Waals surface area contributed by atoms with E-state index in [1.807, 2.05) is 43.3 Å². The quantitative estimate of drug-likeness (QED) is 0.202. The molecule has 0 spiro atoms. The molecule has 2 atom stereocenters. The number of aryl methyl sites for hydroxylation is 1. The number of fused-ring (bicyclic) bond motifs is 1. The Hall–Kier alpha value is -3.47. The van der Waals surface area contributed by atoms with Gasteiger partial charge in [0.25, 0.3) is 0 Å². The van der Waals surface area contributed by atoms with Gasteiger partial charge >= 0.3 is 0 Å². The average molecular weight is 541 g/mol. The van der Waals surface area contributed by atoms with Crippen LogP contribution in [0.25, 0.3) is 11.0 Å². The Morgan fingerprint density at radius 3 is 2.63 bits per heavy atom. The standard InChI is InChI=1S/C28H30F2N4O3S/c1-17-4-3-5-18(8-17)14-31-15-26(35)25(11-19-9-20(29)12-21(30)10-19)32-27(36)16-38-28-33-23-7-6-22(37-2)13-24(23)34-28/h3-10,12-13,25-26,31,35H,11,14-16H2,1-2H3,(H,32,36)(H,33,34)/t25-,26+/m0/s1. The van der Waals surface area contributed by atoms with E-state index in [9.17, 15) is 18.7 Å². The van der Waals surface area contributed by atoms with Crippen LogP contribution in [-0.4, -0.2) is 52.5 Å². The number of rotatable bonds is 12. The van der Waals surface area contributed by atoms with Crippen molar-refractivity contribution < 1.29 is 23.4 Å². The topological polar surface area (TPSA) is 99.3 Å². The summed E-state index contributed by atoms with van der Waals surface area (Å²) in [4.78, 5) is 20.4. The molecule has 4 rings (SSSR count). The Morgan fingerprint density at radius 1 is 1.11 bits per heavy atom. The zero-order valence-electron chi connectivity index (χ0n) is 21.1. The monoisotopic (exact) mass is 540 g/mol. The number of aliphatic hydroxyl groups excluding tert-OH is 1. The molecule has 0 aliphatic heterocycles. The highest BCUT2D eigenvalue weighted by Gasteiger charge is 2.23. The van der Waals surface area contributed by atoms with Crippen LogP contribution in [-0.2, 0) is 17.8 Å². The van der Waals surface area contributed by atoms with Gasteiger partial charge in [-0.1, -0.05) is 41.6 Å². The van der Waals surface area contributed by atoms with Crippen LogP contribution in [0.2, 0.25) is 0 Å². The molecule has 1 amide bonds. The normalized spacial score (nSPS) is 12.9. The Morgan fingerprint density at radius 2 is 1.89 bits per heavy atom. The van der Waals surface area contributed by atoms with Crippen LogP contribution in [0.5, 0.6) is 5.75 Å². The number of carbonyl (C=O) groups is 1. The molecule has 200 valence electrons. The van der Waals surface area contributed by atoms with Crippen LogP contribution >= 0.6 is 11.8 Å². The van der Waals surface area contributed by atoms with Gasteiger partial charge in [-0.2, -0.15) is 0 Å². The number of carbonyl (C=O) groups excluding carboxylic acids is 1. The summed E-state index contributed by atoms with van der Waals surface area (Å²) in [5.74, 6) is -1.04. The number of aliphatic hydroxyl groups is 1. The van der Waals surface area contributed by atoms with E-state index in [2.05, 4.69) is 20.6 Å². The maximum Gasteiger partial charge on any atom is 0.230 e. The fourth-order valence-electron chi connectivity index (χ4n) is 4.14. The Bertz CT molecular complexity index is 1380. The first-order chi connectivity index (χ1) is 18.3. The molecule has 0 radical (unpaired) electrons. The van der Waals surface area contributed by atoms with E-state index >= 15 is 0 Å². The minimum Gasteiger partial charge on any atom is -0.497 e. The molecule has 0 unspecified atom stereocenters. The van der Waals surface area contributed by atoms with E-state index in [0.29, 0.717) is 23.0 Å². The third kappa shape index (κ3) is 7.77. The molecule has 0 bridgehead atoms. The Kier molecular flexibility index (Phi) is 9.33. The summed E-state index contributed by atoms with van der Waals surface area (Å²) in [7, 11) is 1.58. The Balaban J connectivity index is 1.39. The highest BCUT2D eigenvalue weighted by Crippen LogP contribution is 2.23. The van der Waals surface area contributed by atoms with Gasteiger partial charge < -0.3 is 25.5 Å². The van der Waals surface area contributed by atoms with E-state index < -0.39 is 23.8 Å². The predicted molar refractivity (Wildman–Crippen MR) is 144 cm³/mol. The Labute approximate surface area is 224 Å². The number of ether oxygens (including phenoxy) is 1. The van der Waals surface area contributed by atoms with Crippen LogP contribution in [0.1, 0.15) is 16.7 Å². The van der Waals surface area contributed by atoms with Crippen molar-refractivity contribution in [1.29, 1.82) is 0 Å². The largest absolute Gasteiger partial charge is 0.497 e. The second-order valence-corrected chi connectivity index (χ2v) is 10.0. The van der Waals surface area contributed by atoms with Crippen molar-refractivity contribution in [2.45, 2.75) is 37.2 Å². The molecule has 4 N–H and O–H groups in total. The molecule has 0 aliphatic rings. The number of imidazole rings is 1. The van der Waals surface area contributed by atoms with Crippen molar-refractivity contribution in [2.75, 3.05) is 19.4 Å². The van der Waals surface area contributed by atoms with E-state index in [4.69, 9.17) is 4.74 Å². The first-order valence-electron chi connectivity index (χ1n) is 12.1. The van der Waals surface area contributed by atoms with Gasteiger partial charge in [0.15, 0.2) is 5.16 Å². The summed E-state index contributed by atoms with van der Waals surface area (Å²) < 4.78 is 32.8. The maximum atomic E-state index is 13.8. The van der Waals surface area contributed by atoms with Crippen LogP contribution in [0.3, 0.4) is 0 Å². The van der Waals surface area contributed by atoms with Gasteiger partial charge in [-0.05, 0) is 48.7 Å². The fraction of sp³-hybridized carbons (Fsp3) is 0.286. The SMILES string of the molecule is COc1ccc2nc(SCC(=O)N[C@@H](Cc3cc(F)cc(F)c3)[C@H](O)CNCc3cccc(C)c3)[nH]c2c1. The van der Waals surface area contributed by atoms with Crippen LogP contribution < -0.4 is 15.4 Å². The number of nitrogens with one attached hydrogen (secondary N) is 3. The van der Waals surface area contributed by atoms with Crippen molar-refractivity contribution in [1.82, 2.24) is 20.6 Å². The maximum absolute atomic E-state index is 13.8. The number of methoxy groups -OCH3 is 1. The van der Waals surface area contributed by atoms with Gasteiger partial charge in [0.1, 0.15) is 17.4 Å². The molecular weight excluding hydrogens is 510 g/mol. The molecular formula is C28H30F2N4O3S. The zero-order valence-corrected chi connectivity index (χ0v) is 21.9. The van der Waals surface area contributed by atoms with Crippen molar-refractivity contribution in [3.05, 3.63) is 89.0 Å². The van der Waals surface area contributed by atoms with Gasteiger partial charge in [0, 0.05) is 25.2 Å². The summed E-state index contributed by atoms with van der Waals surface area (Å²) in [6, 6.07) is 15.8. The van der Waals surface area contributed by atoms with Gasteiger partial charge in [-0.15, -0.1) is 0 Å². The summed E-state index contributed by atoms with van der Waals surface area (Å²) >= 11 is 1.21. The summed E-state index contributed by atoms with van der Waals surface area (Å²) in [5, 5.41) is 17.5. The molecule has 0 saturated carbocycles. The molecule has 0 saturated heterocycles. The molecule has 7 nitrogen and oxygen atoms in total. The lowest BCUT2D eigenvalue weighted by Gasteiger charge is -2.25. The van der Waals surface area contributed by atoms with E-state index in [1.165, 1.54) is 23.9 Å². The number of nitrogens with zero attached hydrogens (tertiary/aromatic N) is 1. The summed E-state index contributed by atoms with van der Waals surface area (Å²) in [5.41, 5.74) is 4.06. The number of halogens is 2. The third-order valence-electron chi connectivity index (χ3n) is 5.96. The van der Waals surface area contributed by atoms with Gasteiger partial charge in [-0.3, -0.25) is 4.79 Å². The van der Waals surface area contributed by atoms with Crippen molar-refractivity contribution in [3.8, 4) is 5.75 Å². The highest BCUT2D eigenvalue weighted by atomic mass is 32.2. The number of aromatic amines is 1. The first-order valence-corrected chi connectivity index (χ1v) is 13.1. The van der Waals surface area contributed by atoms with Crippen molar-refractivity contribution in [2.24, 2.45) is 0 Å². The van der Waals surface area contributed by atoms with Crippen LogP contribution in [0.4, 0.5) is 8.78 Å². The van der Waals surface area contributed by atoms with E-state index in [-0.39, 0.29) is 24.6 Å². The average Bonchev–Trinajstić information content (AvgIpc) is 3.28.